The number of aryl methyl sites for hydroxylation is 2. The average molecular weight is 489 g/mol. The molecule has 2 aromatic carbocycles. The molecular weight excluding hydrogens is 468 g/mol. The number of thiazole rings is 1. The van der Waals surface area contributed by atoms with Crippen LogP contribution in [-0.2, 0) is 6.42 Å². The van der Waals surface area contributed by atoms with Gasteiger partial charge in [0.1, 0.15) is 17.4 Å². The van der Waals surface area contributed by atoms with Gasteiger partial charge in [0.15, 0.2) is 5.13 Å². The quantitative estimate of drug-likeness (QED) is 0.294. The van der Waals surface area contributed by atoms with Crippen molar-refractivity contribution in [2.24, 2.45) is 0 Å². The van der Waals surface area contributed by atoms with E-state index in [1.165, 1.54) is 29.5 Å². The minimum atomic E-state index is -4.72. The van der Waals surface area contributed by atoms with Gasteiger partial charge in [-0.15, -0.1) is 24.5 Å². The van der Waals surface area contributed by atoms with Crippen LogP contribution in [0.2, 0.25) is 0 Å². The minimum Gasteiger partial charge on any atom is -0.406 e. The maximum Gasteiger partial charge on any atom is 0.573 e. The maximum absolute atomic E-state index is 14.7. The van der Waals surface area contributed by atoms with Crippen molar-refractivity contribution in [1.82, 2.24) is 15.0 Å². The van der Waals surface area contributed by atoms with Crippen molar-refractivity contribution < 1.29 is 22.3 Å². The molecule has 1 unspecified atom stereocenters. The Morgan fingerprint density at radius 3 is 2.62 bits per heavy atom. The molecule has 5 rings (SSSR count). The second kappa shape index (κ2) is 8.75. The molecule has 0 amide bonds. The third-order valence-corrected chi connectivity index (χ3v) is 6.70. The summed E-state index contributed by atoms with van der Waals surface area (Å²) in [6, 6.07) is 10.8. The molecule has 0 bridgehead atoms. The van der Waals surface area contributed by atoms with Gasteiger partial charge >= 0.3 is 6.36 Å². The average Bonchev–Trinajstić information content (AvgIpc) is 3.39. The maximum atomic E-state index is 14.7. The molecular formula is C24H20F4N4OS. The number of imidazole rings is 1. The molecule has 0 spiro atoms. The Hall–Kier alpha value is -3.40. The Morgan fingerprint density at radius 1 is 1.15 bits per heavy atom. The van der Waals surface area contributed by atoms with Crippen LogP contribution in [0, 0.1) is 12.7 Å². The molecule has 176 valence electrons. The van der Waals surface area contributed by atoms with E-state index in [0.29, 0.717) is 22.2 Å². The SMILES string of the molecule is Cc1cnc(-c2ccc(Nc3nc4c(s3)CCCC4c3ccc(OC(F)(F)F)cc3)cc2F)[nH]1. The fraction of sp³-hybridized carbons (Fsp3) is 0.250. The van der Waals surface area contributed by atoms with E-state index in [4.69, 9.17) is 4.98 Å². The van der Waals surface area contributed by atoms with Gasteiger partial charge < -0.3 is 15.0 Å². The highest BCUT2D eigenvalue weighted by molar-refractivity contribution is 7.15. The lowest BCUT2D eigenvalue weighted by Gasteiger charge is -2.21. The van der Waals surface area contributed by atoms with Crippen molar-refractivity contribution in [3.8, 4) is 17.1 Å². The number of nitrogens with zero attached hydrogens (tertiary/aromatic N) is 2. The highest BCUT2D eigenvalue weighted by Crippen LogP contribution is 2.41. The Bertz CT molecular complexity index is 1310. The summed E-state index contributed by atoms with van der Waals surface area (Å²) in [7, 11) is 0. The zero-order chi connectivity index (χ0) is 23.9. The van der Waals surface area contributed by atoms with Crippen LogP contribution in [0.5, 0.6) is 5.75 Å². The van der Waals surface area contributed by atoms with Gasteiger partial charge in [0, 0.05) is 28.4 Å². The molecule has 10 heteroatoms. The van der Waals surface area contributed by atoms with E-state index in [9.17, 15) is 17.6 Å². The van der Waals surface area contributed by atoms with E-state index < -0.39 is 12.2 Å². The third-order valence-electron chi connectivity index (χ3n) is 5.65. The zero-order valence-corrected chi connectivity index (χ0v) is 18.9. The van der Waals surface area contributed by atoms with E-state index in [1.807, 2.05) is 6.92 Å². The lowest BCUT2D eigenvalue weighted by molar-refractivity contribution is -0.274. The highest BCUT2D eigenvalue weighted by atomic mass is 32.1. The molecule has 2 heterocycles. The normalized spacial score (nSPS) is 15.7. The molecule has 1 aliphatic rings. The van der Waals surface area contributed by atoms with Crippen LogP contribution in [0.25, 0.3) is 11.4 Å². The van der Waals surface area contributed by atoms with Crippen LogP contribution in [0.1, 0.15) is 40.6 Å². The zero-order valence-electron chi connectivity index (χ0n) is 18.0. The summed E-state index contributed by atoms with van der Waals surface area (Å²) in [5.74, 6) is -0.194. The summed E-state index contributed by atoms with van der Waals surface area (Å²) in [4.78, 5) is 13.1. The summed E-state index contributed by atoms with van der Waals surface area (Å²) in [6.07, 6.45) is -0.392. The summed E-state index contributed by atoms with van der Waals surface area (Å²) in [6.45, 7) is 1.85. The molecule has 4 aromatic rings. The number of fused-ring (bicyclic) bond motifs is 1. The number of nitrogens with one attached hydrogen (secondary N) is 2. The number of halogens is 4. The predicted octanol–water partition coefficient (Wildman–Crippen LogP) is 7.09. The fourth-order valence-electron chi connectivity index (χ4n) is 4.16. The molecule has 0 aliphatic heterocycles. The molecule has 0 radical (unpaired) electrons. The fourth-order valence-corrected chi connectivity index (χ4v) is 5.24. The van der Waals surface area contributed by atoms with Gasteiger partial charge in [-0.05, 0) is 62.1 Å². The Kier molecular flexibility index (Phi) is 5.76. The van der Waals surface area contributed by atoms with Gasteiger partial charge in [-0.2, -0.15) is 0 Å². The van der Waals surface area contributed by atoms with Gasteiger partial charge in [0.05, 0.1) is 11.3 Å². The molecule has 1 aliphatic carbocycles. The van der Waals surface area contributed by atoms with Crippen LogP contribution in [0.3, 0.4) is 0 Å². The molecule has 0 saturated heterocycles. The van der Waals surface area contributed by atoms with Crippen LogP contribution in [0.15, 0.2) is 48.7 Å². The van der Waals surface area contributed by atoms with Gasteiger partial charge in [0.25, 0.3) is 0 Å². The molecule has 5 nitrogen and oxygen atoms in total. The van der Waals surface area contributed by atoms with Crippen molar-refractivity contribution in [3.05, 3.63) is 76.3 Å². The Labute approximate surface area is 196 Å². The molecule has 2 N–H and O–H groups in total. The van der Waals surface area contributed by atoms with E-state index in [2.05, 4.69) is 20.0 Å². The third kappa shape index (κ3) is 4.77. The van der Waals surface area contributed by atoms with Crippen molar-refractivity contribution >= 4 is 22.2 Å². The van der Waals surface area contributed by atoms with Gasteiger partial charge in [-0.1, -0.05) is 12.1 Å². The number of ether oxygens (including phenoxy) is 1. The lowest BCUT2D eigenvalue weighted by Crippen LogP contribution is -2.17. The predicted molar refractivity (Wildman–Crippen MR) is 122 cm³/mol. The summed E-state index contributed by atoms with van der Waals surface area (Å²) in [5, 5.41) is 3.83. The number of rotatable bonds is 5. The van der Waals surface area contributed by atoms with Crippen molar-refractivity contribution in [2.75, 3.05) is 5.32 Å². The first-order valence-electron chi connectivity index (χ1n) is 10.7. The number of hydrogen-bond acceptors (Lipinski definition) is 5. The van der Waals surface area contributed by atoms with Crippen molar-refractivity contribution in [3.63, 3.8) is 0 Å². The Morgan fingerprint density at radius 2 is 1.94 bits per heavy atom. The monoisotopic (exact) mass is 488 g/mol. The molecule has 0 saturated carbocycles. The number of anilines is 2. The van der Waals surface area contributed by atoms with E-state index in [-0.39, 0.29) is 11.7 Å². The van der Waals surface area contributed by atoms with Crippen LogP contribution in [0.4, 0.5) is 28.4 Å². The second-order valence-corrected chi connectivity index (χ2v) is 9.21. The number of benzene rings is 2. The number of aromatic nitrogens is 3. The number of H-pyrrole nitrogens is 1. The standard InChI is InChI=1S/C24H20F4N4OS/c1-13-12-29-22(30-13)18-10-7-15(11-19(18)25)31-23-32-21-17(3-2-4-20(21)34-23)14-5-8-16(9-6-14)33-24(26,27)28/h5-12,17H,2-4H2,1H3,(H,29,30)(H,31,32). The first-order chi connectivity index (χ1) is 16.2. The lowest BCUT2D eigenvalue weighted by atomic mass is 9.85. The molecule has 2 aromatic heterocycles. The number of hydrogen-bond donors (Lipinski definition) is 2. The van der Waals surface area contributed by atoms with E-state index >= 15 is 0 Å². The first-order valence-corrected chi connectivity index (χ1v) is 11.5. The van der Waals surface area contributed by atoms with E-state index in [0.717, 1.165) is 41.1 Å². The van der Waals surface area contributed by atoms with Gasteiger partial charge in [0.2, 0.25) is 0 Å². The largest absolute Gasteiger partial charge is 0.573 e. The summed E-state index contributed by atoms with van der Waals surface area (Å²) >= 11 is 1.51. The number of alkyl halides is 3. The highest BCUT2D eigenvalue weighted by Gasteiger charge is 2.31. The van der Waals surface area contributed by atoms with Gasteiger partial charge in [-0.25, -0.2) is 14.4 Å². The second-order valence-electron chi connectivity index (χ2n) is 8.12. The minimum absolute atomic E-state index is 0.0169. The topological polar surface area (TPSA) is 62.8 Å². The van der Waals surface area contributed by atoms with Crippen LogP contribution >= 0.6 is 11.3 Å². The van der Waals surface area contributed by atoms with Crippen molar-refractivity contribution in [2.45, 2.75) is 38.5 Å². The van der Waals surface area contributed by atoms with Gasteiger partial charge in [-0.3, -0.25) is 0 Å². The summed E-state index contributed by atoms with van der Waals surface area (Å²) < 4.78 is 56.0. The first kappa shape index (κ1) is 22.4. The summed E-state index contributed by atoms with van der Waals surface area (Å²) in [5.41, 5.74) is 3.60. The molecule has 1 atom stereocenters. The molecule has 0 fully saturated rings. The Balaban J connectivity index is 1.35. The molecule has 34 heavy (non-hydrogen) atoms. The van der Waals surface area contributed by atoms with E-state index in [1.54, 1.807) is 30.5 Å². The van der Waals surface area contributed by atoms with Crippen LogP contribution < -0.4 is 10.1 Å². The van der Waals surface area contributed by atoms with Crippen LogP contribution in [-0.4, -0.2) is 21.3 Å². The van der Waals surface area contributed by atoms with Crippen molar-refractivity contribution in [1.29, 1.82) is 0 Å². The smallest absolute Gasteiger partial charge is 0.406 e. The number of aromatic amines is 1.